The van der Waals surface area contributed by atoms with Crippen molar-refractivity contribution in [2.75, 3.05) is 13.2 Å². The maximum Gasteiger partial charge on any atom is 0.305 e. The molecule has 336 valence electrons. The van der Waals surface area contributed by atoms with Crippen LogP contribution in [0.2, 0.25) is 0 Å². The number of aliphatic hydroxyl groups is 2. The van der Waals surface area contributed by atoms with Crippen molar-refractivity contribution in [2.45, 2.75) is 276 Å². The highest BCUT2D eigenvalue weighted by atomic mass is 16.5. The maximum atomic E-state index is 12.4. The number of amides is 1. The minimum Gasteiger partial charge on any atom is -0.466 e. The molecule has 0 fully saturated rings. The summed E-state index contributed by atoms with van der Waals surface area (Å²) in [4.78, 5) is 24.4. The van der Waals surface area contributed by atoms with Crippen molar-refractivity contribution in [2.24, 2.45) is 0 Å². The molecular weight excluding hydrogens is 707 g/mol. The van der Waals surface area contributed by atoms with Crippen LogP contribution >= 0.6 is 0 Å². The fourth-order valence-electron chi connectivity index (χ4n) is 7.57. The summed E-state index contributed by atoms with van der Waals surface area (Å²) >= 11 is 0. The van der Waals surface area contributed by atoms with E-state index >= 15 is 0 Å². The van der Waals surface area contributed by atoms with E-state index in [0.29, 0.717) is 19.4 Å². The van der Waals surface area contributed by atoms with Gasteiger partial charge in [-0.3, -0.25) is 9.59 Å². The van der Waals surface area contributed by atoms with Crippen molar-refractivity contribution < 1.29 is 24.5 Å². The Bertz CT molecular complexity index is 889. The van der Waals surface area contributed by atoms with Gasteiger partial charge in [0.2, 0.25) is 5.91 Å². The number of unbranched alkanes of at least 4 members (excludes halogenated alkanes) is 33. The first-order chi connectivity index (χ1) is 28.0. The van der Waals surface area contributed by atoms with E-state index in [9.17, 15) is 19.8 Å². The number of carbonyl (C=O) groups excluding carboxylic acids is 2. The number of allylic oxidation sites excluding steroid dienone is 3. The van der Waals surface area contributed by atoms with Gasteiger partial charge < -0.3 is 20.3 Å². The van der Waals surface area contributed by atoms with Crippen LogP contribution in [0.3, 0.4) is 0 Å². The van der Waals surface area contributed by atoms with E-state index in [1.54, 1.807) is 6.08 Å². The third-order valence-corrected chi connectivity index (χ3v) is 11.5. The van der Waals surface area contributed by atoms with Crippen LogP contribution in [0.1, 0.15) is 264 Å². The van der Waals surface area contributed by atoms with Gasteiger partial charge in [-0.05, 0) is 57.8 Å². The lowest BCUT2D eigenvalue weighted by molar-refractivity contribution is -0.143. The summed E-state index contributed by atoms with van der Waals surface area (Å²) in [5, 5.41) is 23.1. The molecule has 0 radical (unpaired) electrons. The molecular formula is C51H97NO5. The molecule has 0 aliphatic carbocycles. The Labute approximate surface area is 354 Å². The molecule has 0 saturated heterocycles. The minimum absolute atomic E-state index is 0.0366. The molecule has 57 heavy (non-hydrogen) atoms. The van der Waals surface area contributed by atoms with Gasteiger partial charge in [0.05, 0.1) is 25.4 Å². The Morgan fingerprint density at radius 3 is 1.26 bits per heavy atom. The van der Waals surface area contributed by atoms with Gasteiger partial charge in [-0.15, -0.1) is 0 Å². The van der Waals surface area contributed by atoms with Gasteiger partial charge in [0.1, 0.15) is 0 Å². The van der Waals surface area contributed by atoms with Gasteiger partial charge in [0.15, 0.2) is 0 Å². The summed E-state index contributed by atoms with van der Waals surface area (Å²) in [5.41, 5.74) is 0. The second kappa shape index (κ2) is 47.0. The number of hydrogen-bond acceptors (Lipinski definition) is 5. The van der Waals surface area contributed by atoms with E-state index in [2.05, 4.69) is 31.3 Å². The number of aliphatic hydroxyl groups excluding tert-OH is 2. The topological polar surface area (TPSA) is 95.9 Å². The Morgan fingerprint density at radius 2 is 0.825 bits per heavy atom. The standard InChI is InChI=1S/C51H97NO5/c1-3-5-7-9-11-13-15-17-18-19-20-21-23-24-27-31-35-39-43-49(54)48(47-53)52-50(55)44-40-36-32-28-26-30-34-38-42-46-57-51(56)45-41-37-33-29-25-22-16-14-12-10-8-6-4-2/h14,16,39,43,48-49,53-54H,3-13,15,17-38,40-42,44-47H2,1-2H3,(H,52,55)/b16-14-,43-39+. The molecule has 0 bridgehead atoms. The first-order valence-corrected chi connectivity index (χ1v) is 25.1. The van der Waals surface area contributed by atoms with E-state index < -0.39 is 12.1 Å². The first kappa shape index (κ1) is 55.3. The Balaban J connectivity index is 3.54. The van der Waals surface area contributed by atoms with E-state index in [1.807, 2.05) is 6.08 Å². The maximum absolute atomic E-state index is 12.4. The SMILES string of the molecule is CCCCCC/C=C\CCCCCCCC(=O)OCCCCCCCCCCCC(=O)NC(CO)C(O)/C=C/CCCCCCCCCCCCCCCCCC. The van der Waals surface area contributed by atoms with Crippen LogP contribution in [0.4, 0.5) is 0 Å². The highest BCUT2D eigenvalue weighted by Gasteiger charge is 2.18. The van der Waals surface area contributed by atoms with Crippen molar-refractivity contribution in [1.29, 1.82) is 0 Å². The predicted molar refractivity (Wildman–Crippen MR) is 246 cm³/mol. The lowest BCUT2D eigenvalue weighted by atomic mass is 10.0. The van der Waals surface area contributed by atoms with Crippen LogP contribution in [-0.2, 0) is 14.3 Å². The normalized spacial score (nSPS) is 12.8. The lowest BCUT2D eigenvalue weighted by Crippen LogP contribution is -2.45. The quantitative estimate of drug-likeness (QED) is 0.0324. The van der Waals surface area contributed by atoms with Crippen LogP contribution in [-0.4, -0.2) is 47.4 Å². The molecule has 0 heterocycles. The molecule has 2 unspecified atom stereocenters. The smallest absolute Gasteiger partial charge is 0.305 e. The molecule has 6 nitrogen and oxygen atoms in total. The van der Waals surface area contributed by atoms with Gasteiger partial charge in [0, 0.05) is 12.8 Å². The molecule has 1 amide bonds. The van der Waals surface area contributed by atoms with Crippen LogP contribution < -0.4 is 5.32 Å². The molecule has 0 aromatic carbocycles. The average Bonchev–Trinajstić information content (AvgIpc) is 3.21. The van der Waals surface area contributed by atoms with E-state index in [1.165, 1.54) is 180 Å². The van der Waals surface area contributed by atoms with Crippen LogP contribution in [0.25, 0.3) is 0 Å². The third-order valence-electron chi connectivity index (χ3n) is 11.5. The molecule has 6 heteroatoms. The zero-order valence-corrected chi connectivity index (χ0v) is 38.1. The summed E-state index contributed by atoms with van der Waals surface area (Å²) in [7, 11) is 0. The minimum atomic E-state index is -0.862. The van der Waals surface area contributed by atoms with Gasteiger partial charge in [-0.2, -0.15) is 0 Å². The second-order valence-electron chi connectivity index (χ2n) is 17.1. The van der Waals surface area contributed by atoms with Crippen molar-refractivity contribution in [3.05, 3.63) is 24.3 Å². The van der Waals surface area contributed by atoms with E-state index in [0.717, 1.165) is 57.8 Å². The number of nitrogens with one attached hydrogen (secondary N) is 1. The summed E-state index contributed by atoms with van der Waals surface area (Å²) in [6.07, 6.45) is 54.5. The highest BCUT2D eigenvalue weighted by molar-refractivity contribution is 5.76. The summed E-state index contributed by atoms with van der Waals surface area (Å²) < 4.78 is 5.43. The number of hydrogen-bond donors (Lipinski definition) is 3. The van der Waals surface area contributed by atoms with Crippen LogP contribution in [0, 0.1) is 0 Å². The predicted octanol–water partition coefficient (Wildman–Crippen LogP) is 14.7. The summed E-state index contributed by atoms with van der Waals surface area (Å²) in [6, 6.07) is -0.648. The van der Waals surface area contributed by atoms with Crippen LogP contribution in [0.15, 0.2) is 24.3 Å². The van der Waals surface area contributed by atoms with E-state index in [4.69, 9.17) is 4.74 Å². The van der Waals surface area contributed by atoms with Crippen molar-refractivity contribution >= 4 is 11.9 Å². The largest absolute Gasteiger partial charge is 0.466 e. The zero-order valence-electron chi connectivity index (χ0n) is 38.1. The summed E-state index contributed by atoms with van der Waals surface area (Å²) in [6.45, 7) is 4.82. The fourth-order valence-corrected chi connectivity index (χ4v) is 7.57. The second-order valence-corrected chi connectivity index (χ2v) is 17.1. The Kier molecular flexibility index (Phi) is 45.7. The van der Waals surface area contributed by atoms with Crippen molar-refractivity contribution in [3.63, 3.8) is 0 Å². The van der Waals surface area contributed by atoms with Crippen molar-refractivity contribution in [3.8, 4) is 0 Å². The molecule has 0 rings (SSSR count). The van der Waals surface area contributed by atoms with Gasteiger partial charge in [0.25, 0.3) is 0 Å². The highest BCUT2D eigenvalue weighted by Crippen LogP contribution is 2.15. The molecule has 0 saturated carbocycles. The zero-order chi connectivity index (χ0) is 41.5. The Morgan fingerprint density at radius 1 is 0.474 bits per heavy atom. The molecule has 2 atom stereocenters. The average molecular weight is 804 g/mol. The molecule has 0 aromatic rings. The molecule has 3 N–H and O–H groups in total. The van der Waals surface area contributed by atoms with Gasteiger partial charge in [-0.25, -0.2) is 0 Å². The van der Waals surface area contributed by atoms with Crippen LogP contribution in [0.5, 0.6) is 0 Å². The molecule has 0 aromatic heterocycles. The lowest BCUT2D eigenvalue weighted by Gasteiger charge is -2.20. The molecule has 0 spiro atoms. The molecule has 0 aliphatic heterocycles. The van der Waals surface area contributed by atoms with E-state index in [-0.39, 0.29) is 18.5 Å². The molecule has 0 aliphatic rings. The first-order valence-electron chi connectivity index (χ1n) is 25.1. The number of ether oxygens (including phenoxy) is 1. The summed E-state index contributed by atoms with van der Waals surface area (Å²) in [5.74, 6) is -0.132. The number of rotatable bonds is 46. The third kappa shape index (κ3) is 43.7. The van der Waals surface area contributed by atoms with Crippen molar-refractivity contribution in [1.82, 2.24) is 5.32 Å². The monoisotopic (exact) mass is 804 g/mol. The van der Waals surface area contributed by atoms with Gasteiger partial charge in [-0.1, -0.05) is 218 Å². The number of carbonyl (C=O) groups is 2. The fraction of sp³-hybridized carbons (Fsp3) is 0.882. The number of esters is 1. The Hall–Kier alpha value is -1.66. The van der Waals surface area contributed by atoms with Gasteiger partial charge >= 0.3 is 5.97 Å².